The minimum absolute atomic E-state index is 0.118. The SMILES string of the molecule is CNCC(=O)c1nc(C)c(C)c(=O)[nH]1. The number of ketones is 1. The molecule has 0 atom stereocenters. The Kier molecular flexibility index (Phi) is 3.14. The van der Waals surface area contributed by atoms with E-state index in [1.54, 1.807) is 20.9 Å². The van der Waals surface area contributed by atoms with Crippen molar-refractivity contribution in [2.45, 2.75) is 13.8 Å². The summed E-state index contributed by atoms with van der Waals surface area (Å²) in [5.74, 6) is -0.0971. The van der Waals surface area contributed by atoms with Gasteiger partial charge in [0.1, 0.15) is 0 Å². The third kappa shape index (κ3) is 2.05. The van der Waals surface area contributed by atoms with Crippen molar-refractivity contribution in [1.29, 1.82) is 0 Å². The number of nitrogens with one attached hydrogen (secondary N) is 2. The van der Waals surface area contributed by atoms with Gasteiger partial charge < -0.3 is 10.3 Å². The highest BCUT2D eigenvalue weighted by Crippen LogP contribution is 1.96. The fourth-order valence-corrected chi connectivity index (χ4v) is 1.02. The first kappa shape index (κ1) is 10.6. The van der Waals surface area contributed by atoms with Crippen molar-refractivity contribution in [3.05, 3.63) is 27.4 Å². The number of hydrogen-bond acceptors (Lipinski definition) is 4. The van der Waals surface area contributed by atoms with Crippen LogP contribution in [-0.2, 0) is 0 Å². The van der Waals surface area contributed by atoms with Crippen molar-refractivity contribution in [3.8, 4) is 0 Å². The second kappa shape index (κ2) is 4.15. The molecule has 5 nitrogen and oxygen atoms in total. The van der Waals surface area contributed by atoms with E-state index in [4.69, 9.17) is 0 Å². The van der Waals surface area contributed by atoms with Crippen molar-refractivity contribution < 1.29 is 4.79 Å². The molecule has 0 unspecified atom stereocenters. The number of aromatic nitrogens is 2. The first-order valence-electron chi connectivity index (χ1n) is 4.31. The third-order valence-corrected chi connectivity index (χ3v) is 2.00. The topological polar surface area (TPSA) is 74.8 Å². The molecule has 5 heteroatoms. The summed E-state index contributed by atoms with van der Waals surface area (Å²) in [7, 11) is 1.66. The van der Waals surface area contributed by atoms with Crippen molar-refractivity contribution >= 4 is 5.78 Å². The monoisotopic (exact) mass is 195 g/mol. The van der Waals surface area contributed by atoms with Crippen LogP contribution in [0, 0.1) is 13.8 Å². The molecule has 1 aromatic rings. The lowest BCUT2D eigenvalue weighted by molar-refractivity contribution is 0.0983. The first-order valence-corrected chi connectivity index (χ1v) is 4.31. The number of rotatable bonds is 3. The van der Waals surface area contributed by atoms with Crippen molar-refractivity contribution in [2.24, 2.45) is 0 Å². The van der Waals surface area contributed by atoms with Gasteiger partial charge >= 0.3 is 0 Å². The first-order chi connectivity index (χ1) is 6.56. The van der Waals surface area contributed by atoms with Crippen LogP contribution in [0.1, 0.15) is 21.9 Å². The summed E-state index contributed by atoms with van der Waals surface area (Å²) in [6.07, 6.45) is 0. The zero-order valence-corrected chi connectivity index (χ0v) is 8.47. The Balaban J connectivity index is 3.13. The molecule has 1 heterocycles. The summed E-state index contributed by atoms with van der Waals surface area (Å²) in [6, 6.07) is 0. The minimum Gasteiger partial charge on any atom is -0.313 e. The van der Waals surface area contributed by atoms with Gasteiger partial charge in [-0.25, -0.2) is 4.98 Å². The zero-order chi connectivity index (χ0) is 10.7. The molecule has 0 radical (unpaired) electrons. The Hall–Kier alpha value is -1.49. The average Bonchev–Trinajstić information content (AvgIpc) is 2.13. The second-order valence-corrected chi connectivity index (χ2v) is 3.08. The number of nitrogens with zero attached hydrogens (tertiary/aromatic N) is 1. The quantitative estimate of drug-likeness (QED) is 0.654. The lowest BCUT2D eigenvalue weighted by atomic mass is 10.2. The lowest BCUT2D eigenvalue weighted by Crippen LogP contribution is -2.25. The van der Waals surface area contributed by atoms with Gasteiger partial charge in [0.15, 0.2) is 5.82 Å². The Morgan fingerprint density at radius 1 is 1.50 bits per heavy atom. The molecule has 0 saturated carbocycles. The number of hydrogen-bond donors (Lipinski definition) is 2. The van der Waals surface area contributed by atoms with Gasteiger partial charge in [-0.2, -0.15) is 0 Å². The average molecular weight is 195 g/mol. The summed E-state index contributed by atoms with van der Waals surface area (Å²) in [4.78, 5) is 29.1. The van der Waals surface area contributed by atoms with Crippen LogP contribution in [0.15, 0.2) is 4.79 Å². The van der Waals surface area contributed by atoms with E-state index in [1.807, 2.05) is 0 Å². The smallest absolute Gasteiger partial charge is 0.254 e. The zero-order valence-electron chi connectivity index (χ0n) is 8.47. The molecule has 0 amide bonds. The highest BCUT2D eigenvalue weighted by atomic mass is 16.1. The standard InChI is InChI=1S/C9H13N3O2/c1-5-6(2)11-8(12-9(5)14)7(13)4-10-3/h10H,4H2,1-3H3,(H,11,12,14). The van der Waals surface area contributed by atoms with Gasteiger partial charge in [-0.15, -0.1) is 0 Å². The summed E-state index contributed by atoms with van der Waals surface area (Å²) >= 11 is 0. The van der Waals surface area contributed by atoms with E-state index >= 15 is 0 Å². The molecule has 0 aliphatic rings. The van der Waals surface area contributed by atoms with Gasteiger partial charge in [0, 0.05) is 11.3 Å². The normalized spacial score (nSPS) is 10.2. The number of carbonyl (C=O) groups excluding carboxylic acids is 1. The van der Waals surface area contributed by atoms with Crippen LogP contribution < -0.4 is 10.9 Å². The largest absolute Gasteiger partial charge is 0.313 e. The van der Waals surface area contributed by atoms with E-state index in [0.717, 1.165) is 0 Å². The minimum atomic E-state index is -0.253. The molecule has 0 fully saturated rings. The number of aromatic amines is 1. The van der Waals surface area contributed by atoms with Crippen LogP contribution >= 0.6 is 0 Å². The van der Waals surface area contributed by atoms with Gasteiger partial charge in [-0.3, -0.25) is 9.59 Å². The molecule has 0 bridgehead atoms. The fourth-order valence-electron chi connectivity index (χ4n) is 1.02. The molecule has 14 heavy (non-hydrogen) atoms. The number of H-pyrrole nitrogens is 1. The van der Waals surface area contributed by atoms with E-state index in [1.165, 1.54) is 0 Å². The van der Waals surface area contributed by atoms with E-state index in [9.17, 15) is 9.59 Å². The molecule has 0 spiro atoms. The lowest BCUT2D eigenvalue weighted by Gasteiger charge is -2.02. The molecule has 0 aliphatic heterocycles. The highest BCUT2D eigenvalue weighted by Gasteiger charge is 2.10. The summed E-state index contributed by atoms with van der Waals surface area (Å²) in [5, 5.41) is 2.71. The molecular weight excluding hydrogens is 182 g/mol. The number of Topliss-reactive ketones (excluding diaryl/α,β-unsaturated/α-hetero) is 1. The summed E-state index contributed by atoms with van der Waals surface area (Å²) in [5.41, 5.74) is 0.885. The van der Waals surface area contributed by atoms with Gasteiger partial charge in [0.05, 0.1) is 6.54 Å². The van der Waals surface area contributed by atoms with Crippen LogP contribution in [0.2, 0.25) is 0 Å². The van der Waals surface area contributed by atoms with Crippen LogP contribution in [0.25, 0.3) is 0 Å². The maximum atomic E-state index is 11.4. The Bertz CT molecular complexity index is 409. The van der Waals surface area contributed by atoms with Crippen LogP contribution in [0.3, 0.4) is 0 Å². The van der Waals surface area contributed by atoms with Crippen LogP contribution in [0.5, 0.6) is 0 Å². The van der Waals surface area contributed by atoms with E-state index in [2.05, 4.69) is 15.3 Å². The predicted octanol–water partition coefficient (Wildman–Crippen LogP) is -0.211. The molecule has 0 aromatic carbocycles. The van der Waals surface area contributed by atoms with E-state index < -0.39 is 0 Å². The molecule has 0 aliphatic carbocycles. The van der Waals surface area contributed by atoms with Crippen molar-refractivity contribution in [1.82, 2.24) is 15.3 Å². The van der Waals surface area contributed by atoms with Gasteiger partial charge in [0.2, 0.25) is 5.78 Å². The molecule has 1 aromatic heterocycles. The van der Waals surface area contributed by atoms with Crippen LogP contribution in [0.4, 0.5) is 0 Å². The Labute approximate surface area is 81.6 Å². The Morgan fingerprint density at radius 3 is 2.64 bits per heavy atom. The second-order valence-electron chi connectivity index (χ2n) is 3.08. The molecular formula is C9H13N3O2. The maximum Gasteiger partial charge on any atom is 0.254 e. The van der Waals surface area contributed by atoms with Gasteiger partial charge in [-0.1, -0.05) is 0 Å². The Morgan fingerprint density at radius 2 is 2.14 bits per heavy atom. The number of likely N-dealkylation sites (N-methyl/N-ethyl adjacent to an activating group) is 1. The number of carbonyl (C=O) groups is 1. The predicted molar refractivity (Wildman–Crippen MR) is 52.6 cm³/mol. The molecule has 76 valence electrons. The molecule has 1 rings (SSSR count). The fraction of sp³-hybridized carbons (Fsp3) is 0.444. The van der Waals surface area contributed by atoms with Crippen molar-refractivity contribution in [3.63, 3.8) is 0 Å². The van der Waals surface area contributed by atoms with Crippen molar-refractivity contribution in [2.75, 3.05) is 13.6 Å². The van der Waals surface area contributed by atoms with Crippen LogP contribution in [-0.4, -0.2) is 29.3 Å². The summed E-state index contributed by atoms with van der Waals surface area (Å²) < 4.78 is 0. The molecule has 2 N–H and O–H groups in total. The summed E-state index contributed by atoms with van der Waals surface area (Å²) in [6.45, 7) is 3.56. The maximum absolute atomic E-state index is 11.4. The van der Waals surface area contributed by atoms with E-state index in [-0.39, 0.29) is 23.7 Å². The van der Waals surface area contributed by atoms with E-state index in [0.29, 0.717) is 11.3 Å². The third-order valence-electron chi connectivity index (χ3n) is 2.00. The molecule has 0 saturated heterocycles. The van der Waals surface area contributed by atoms with Gasteiger partial charge in [0.25, 0.3) is 5.56 Å². The highest BCUT2D eigenvalue weighted by molar-refractivity contribution is 5.94. The van der Waals surface area contributed by atoms with Gasteiger partial charge in [-0.05, 0) is 20.9 Å². The number of aryl methyl sites for hydroxylation is 1.